The van der Waals surface area contributed by atoms with Crippen LogP contribution in [0.25, 0.3) is 22.2 Å². The summed E-state index contributed by atoms with van der Waals surface area (Å²) in [4.78, 5) is 29.5. The SMILES string of the molecule is COC(=O)Nc1ccc2c(-c3nc(/N=C\C4(N5CC5)CCCNC4)ncc3C(F)(F)F)c[nH]c2c1Br. The fourth-order valence-corrected chi connectivity index (χ4v) is 5.07. The highest BCUT2D eigenvalue weighted by Gasteiger charge is 2.42. The number of halogens is 4. The van der Waals surface area contributed by atoms with Crippen LogP contribution in [0.15, 0.2) is 34.0 Å². The number of rotatable bonds is 5. The molecule has 3 aromatic rings. The zero-order valence-electron chi connectivity index (χ0n) is 19.2. The van der Waals surface area contributed by atoms with Crippen molar-refractivity contribution in [2.75, 3.05) is 38.6 Å². The Labute approximate surface area is 212 Å². The van der Waals surface area contributed by atoms with Crippen LogP contribution in [-0.4, -0.2) is 71.0 Å². The molecule has 2 aromatic heterocycles. The molecule has 5 rings (SSSR count). The standard InChI is InChI=1S/C23H23BrF3N7O2/c1-36-21(35)32-16-4-3-13-14(9-29-19(13)17(16)24)18-15(23(25,26)27)10-30-20(33-18)31-12-22(34-7-8-34)5-2-6-28-11-22/h3-4,9-10,12,28-29H,2,5-8,11H2,1H3,(H,32,35)/b31-12-. The molecule has 2 fully saturated rings. The van der Waals surface area contributed by atoms with Gasteiger partial charge in [0, 0.05) is 49.2 Å². The van der Waals surface area contributed by atoms with Crippen molar-refractivity contribution in [2.45, 2.75) is 24.6 Å². The van der Waals surface area contributed by atoms with E-state index in [-0.39, 0.29) is 22.7 Å². The van der Waals surface area contributed by atoms with Gasteiger partial charge in [-0.15, -0.1) is 0 Å². The summed E-state index contributed by atoms with van der Waals surface area (Å²) in [5, 5.41) is 6.41. The number of nitrogens with one attached hydrogen (secondary N) is 3. The van der Waals surface area contributed by atoms with Crippen LogP contribution in [0, 0.1) is 0 Å². The molecule has 1 aromatic carbocycles. The molecule has 0 radical (unpaired) electrons. The van der Waals surface area contributed by atoms with Crippen LogP contribution in [0.2, 0.25) is 0 Å². The van der Waals surface area contributed by atoms with E-state index < -0.39 is 17.8 Å². The minimum absolute atomic E-state index is 0.0396. The first-order chi connectivity index (χ1) is 17.2. The smallest absolute Gasteiger partial charge is 0.419 e. The third kappa shape index (κ3) is 4.70. The minimum Gasteiger partial charge on any atom is -0.453 e. The highest BCUT2D eigenvalue weighted by molar-refractivity contribution is 9.10. The van der Waals surface area contributed by atoms with Gasteiger partial charge < -0.3 is 15.0 Å². The summed E-state index contributed by atoms with van der Waals surface area (Å²) < 4.78 is 46.9. The molecule has 36 heavy (non-hydrogen) atoms. The van der Waals surface area contributed by atoms with Gasteiger partial charge in [0.1, 0.15) is 5.56 Å². The van der Waals surface area contributed by atoms with Gasteiger partial charge in [-0.2, -0.15) is 13.2 Å². The quantitative estimate of drug-likeness (QED) is 0.305. The van der Waals surface area contributed by atoms with Crippen molar-refractivity contribution in [3.05, 3.63) is 34.6 Å². The molecule has 9 nitrogen and oxygen atoms in total. The van der Waals surface area contributed by atoms with Crippen LogP contribution in [0.5, 0.6) is 0 Å². The van der Waals surface area contributed by atoms with E-state index >= 15 is 0 Å². The Balaban J connectivity index is 1.56. The highest BCUT2D eigenvalue weighted by Crippen LogP contribution is 2.41. The number of benzene rings is 1. The van der Waals surface area contributed by atoms with Crippen molar-refractivity contribution in [2.24, 2.45) is 4.99 Å². The largest absolute Gasteiger partial charge is 0.453 e. The monoisotopic (exact) mass is 565 g/mol. The highest BCUT2D eigenvalue weighted by atomic mass is 79.9. The van der Waals surface area contributed by atoms with E-state index in [2.05, 4.69) is 56.1 Å². The molecule has 2 aliphatic rings. The molecule has 2 aliphatic heterocycles. The van der Waals surface area contributed by atoms with Gasteiger partial charge in [-0.25, -0.2) is 19.8 Å². The number of hydrogen-bond donors (Lipinski definition) is 3. The normalized spacial score (nSPS) is 20.7. The van der Waals surface area contributed by atoms with E-state index in [1.54, 1.807) is 18.3 Å². The van der Waals surface area contributed by atoms with Crippen molar-refractivity contribution < 1.29 is 22.7 Å². The van der Waals surface area contributed by atoms with Gasteiger partial charge in [0.25, 0.3) is 0 Å². The first-order valence-corrected chi connectivity index (χ1v) is 12.1. The Kier molecular flexibility index (Phi) is 6.47. The second-order valence-corrected chi connectivity index (χ2v) is 9.52. The van der Waals surface area contributed by atoms with Gasteiger partial charge in [0.05, 0.1) is 34.0 Å². The molecular formula is C23H23BrF3N7O2. The fourth-order valence-electron chi connectivity index (χ4n) is 4.51. The van der Waals surface area contributed by atoms with E-state index in [4.69, 9.17) is 0 Å². The third-order valence-electron chi connectivity index (χ3n) is 6.44. The van der Waals surface area contributed by atoms with Crippen LogP contribution >= 0.6 is 15.9 Å². The van der Waals surface area contributed by atoms with Crippen molar-refractivity contribution in [1.82, 2.24) is 25.2 Å². The maximum atomic E-state index is 13.9. The number of ether oxygens (including phenoxy) is 1. The number of H-pyrrole nitrogens is 1. The second-order valence-electron chi connectivity index (χ2n) is 8.73. The lowest BCUT2D eigenvalue weighted by atomic mass is 9.91. The first kappa shape index (κ1) is 24.7. The molecule has 13 heteroatoms. The molecular weight excluding hydrogens is 543 g/mol. The maximum absolute atomic E-state index is 13.9. The molecule has 1 unspecified atom stereocenters. The molecule has 190 valence electrons. The molecule has 1 atom stereocenters. The number of aromatic nitrogens is 3. The first-order valence-electron chi connectivity index (χ1n) is 11.3. The summed E-state index contributed by atoms with van der Waals surface area (Å²) in [5.41, 5.74) is -0.396. The Morgan fingerprint density at radius 2 is 2.17 bits per heavy atom. The Morgan fingerprint density at radius 3 is 2.83 bits per heavy atom. The average Bonchev–Trinajstić information content (AvgIpc) is 3.64. The summed E-state index contributed by atoms with van der Waals surface area (Å²) in [6.45, 7) is 3.58. The molecule has 0 spiro atoms. The summed E-state index contributed by atoms with van der Waals surface area (Å²) >= 11 is 3.40. The Hall–Kier alpha value is -3.03. The lowest BCUT2D eigenvalue weighted by Gasteiger charge is -2.35. The van der Waals surface area contributed by atoms with Crippen molar-refractivity contribution in [1.29, 1.82) is 0 Å². The zero-order valence-corrected chi connectivity index (χ0v) is 20.8. The van der Waals surface area contributed by atoms with E-state index in [9.17, 15) is 18.0 Å². The Bertz CT molecular complexity index is 1330. The molecule has 0 saturated carbocycles. The minimum atomic E-state index is -4.67. The van der Waals surface area contributed by atoms with Crippen LogP contribution in [0.3, 0.4) is 0 Å². The number of carbonyl (C=O) groups excluding carboxylic acids is 1. The number of aliphatic imine (C=N–C) groups is 1. The Morgan fingerprint density at radius 1 is 1.36 bits per heavy atom. The number of anilines is 1. The lowest BCUT2D eigenvalue weighted by molar-refractivity contribution is -0.137. The predicted molar refractivity (Wildman–Crippen MR) is 133 cm³/mol. The van der Waals surface area contributed by atoms with Crippen LogP contribution in [0.1, 0.15) is 18.4 Å². The van der Waals surface area contributed by atoms with Gasteiger partial charge in [0.15, 0.2) is 0 Å². The number of nitrogens with zero attached hydrogens (tertiary/aromatic N) is 4. The summed E-state index contributed by atoms with van der Waals surface area (Å²) in [6.07, 6.45) is 0.555. The molecule has 4 heterocycles. The summed E-state index contributed by atoms with van der Waals surface area (Å²) in [7, 11) is 1.23. The lowest BCUT2D eigenvalue weighted by Crippen LogP contribution is -2.52. The van der Waals surface area contributed by atoms with E-state index in [1.807, 2.05) is 0 Å². The molecule has 1 amide bonds. The van der Waals surface area contributed by atoms with Gasteiger partial charge in [-0.05, 0) is 41.4 Å². The number of methoxy groups -OCH3 is 1. The van der Waals surface area contributed by atoms with Crippen molar-refractivity contribution in [3.63, 3.8) is 0 Å². The second kappa shape index (κ2) is 9.45. The number of amides is 1. The third-order valence-corrected chi connectivity index (χ3v) is 7.27. The van der Waals surface area contributed by atoms with Gasteiger partial charge >= 0.3 is 12.3 Å². The van der Waals surface area contributed by atoms with Crippen molar-refractivity contribution >= 4 is 50.8 Å². The number of piperidine rings is 1. The van der Waals surface area contributed by atoms with Gasteiger partial charge in [-0.3, -0.25) is 10.2 Å². The van der Waals surface area contributed by atoms with Gasteiger partial charge in [0.2, 0.25) is 5.95 Å². The van der Waals surface area contributed by atoms with Crippen LogP contribution < -0.4 is 10.6 Å². The molecule has 0 aliphatic carbocycles. The number of alkyl halides is 3. The summed E-state index contributed by atoms with van der Waals surface area (Å²) in [6, 6.07) is 3.17. The number of fused-ring (bicyclic) bond motifs is 1. The fraction of sp³-hybridized carbons (Fsp3) is 0.391. The maximum Gasteiger partial charge on any atom is 0.419 e. The van der Waals surface area contributed by atoms with E-state index in [1.165, 1.54) is 13.3 Å². The van der Waals surface area contributed by atoms with Crippen LogP contribution in [-0.2, 0) is 10.9 Å². The van der Waals surface area contributed by atoms with Crippen LogP contribution in [0.4, 0.5) is 29.6 Å². The number of hydrogen-bond acceptors (Lipinski definition) is 7. The van der Waals surface area contributed by atoms with Crippen molar-refractivity contribution in [3.8, 4) is 11.3 Å². The molecule has 0 bridgehead atoms. The topological polar surface area (TPSA) is 107 Å². The van der Waals surface area contributed by atoms with E-state index in [0.29, 0.717) is 21.1 Å². The summed E-state index contributed by atoms with van der Waals surface area (Å²) in [5.74, 6) is -0.0396. The number of aromatic amines is 1. The van der Waals surface area contributed by atoms with Gasteiger partial charge in [-0.1, -0.05) is 6.07 Å². The average molecular weight is 566 g/mol. The zero-order chi connectivity index (χ0) is 25.5. The van der Waals surface area contributed by atoms with E-state index in [0.717, 1.165) is 45.2 Å². The molecule has 3 N–H and O–H groups in total. The predicted octanol–water partition coefficient (Wildman–Crippen LogP) is 4.72. The molecule has 2 saturated heterocycles. The number of carbonyl (C=O) groups is 1.